The minimum Gasteiger partial charge on any atom is -0.348 e. The van der Waals surface area contributed by atoms with Gasteiger partial charge in [0.2, 0.25) is 12.2 Å². The summed E-state index contributed by atoms with van der Waals surface area (Å²) in [5.74, 6) is -1.12. The van der Waals surface area contributed by atoms with E-state index in [1.165, 1.54) is 0 Å². The molecule has 0 unspecified atom stereocenters. The maximum absolute atomic E-state index is 11.6. The largest absolute Gasteiger partial charge is 0.348 e. The molecular weight excluding hydrogens is 196 g/mol. The molecule has 84 valence electrons. The van der Waals surface area contributed by atoms with E-state index in [2.05, 4.69) is 10.6 Å². The van der Waals surface area contributed by atoms with E-state index in [0.29, 0.717) is 12.8 Å². The van der Waals surface area contributed by atoms with Gasteiger partial charge in [-0.15, -0.1) is 0 Å². The van der Waals surface area contributed by atoms with Crippen molar-refractivity contribution < 1.29 is 14.4 Å². The van der Waals surface area contributed by atoms with Gasteiger partial charge in [-0.2, -0.15) is 0 Å². The van der Waals surface area contributed by atoms with E-state index < -0.39 is 17.7 Å². The average molecular weight is 212 g/mol. The Bertz CT molecular complexity index is 261. The second kappa shape index (κ2) is 5.48. The summed E-state index contributed by atoms with van der Waals surface area (Å²) in [6.07, 6.45) is 3.59. The highest BCUT2D eigenvalue weighted by Gasteiger charge is 2.29. The normalized spacial score (nSPS) is 16.6. The SMILES string of the molecule is CCC[C@H](NC=O)C(=O)C(=O)NC1CC1. The molecular formula is C10H16N2O3. The first-order valence-corrected chi connectivity index (χ1v) is 5.23. The lowest BCUT2D eigenvalue weighted by molar-refractivity contribution is -0.139. The minimum atomic E-state index is -0.675. The summed E-state index contributed by atoms with van der Waals surface area (Å²) in [5, 5.41) is 4.97. The molecule has 0 aromatic rings. The van der Waals surface area contributed by atoms with E-state index in [-0.39, 0.29) is 6.04 Å². The zero-order chi connectivity index (χ0) is 11.3. The number of carbonyl (C=O) groups excluding carboxylic acids is 3. The lowest BCUT2D eigenvalue weighted by Gasteiger charge is -2.13. The molecule has 1 aliphatic carbocycles. The van der Waals surface area contributed by atoms with E-state index in [9.17, 15) is 14.4 Å². The first kappa shape index (κ1) is 11.7. The van der Waals surface area contributed by atoms with E-state index in [0.717, 1.165) is 19.3 Å². The van der Waals surface area contributed by atoms with Crippen molar-refractivity contribution in [2.45, 2.75) is 44.7 Å². The van der Waals surface area contributed by atoms with Crippen molar-refractivity contribution in [3.05, 3.63) is 0 Å². The number of ketones is 1. The second-order valence-corrected chi connectivity index (χ2v) is 3.74. The topological polar surface area (TPSA) is 75.3 Å². The number of hydrogen-bond acceptors (Lipinski definition) is 3. The van der Waals surface area contributed by atoms with Crippen LogP contribution in [0.4, 0.5) is 0 Å². The fraction of sp³-hybridized carbons (Fsp3) is 0.700. The number of nitrogens with one attached hydrogen (secondary N) is 2. The van der Waals surface area contributed by atoms with Crippen molar-refractivity contribution in [1.82, 2.24) is 10.6 Å². The number of amides is 2. The van der Waals surface area contributed by atoms with Gasteiger partial charge in [0.15, 0.2) is 0 Å². The van der Waals surface area contributed by atoms with Crippen molar-refractivity contribution in [2.75, 3.05) is 0 Å². The first-order valence-electron chi connectivity index (χ1n) is 5.23. The van der Waals surface area contributed by atoms with E-state index in [1.807, 2.05) is 6.92 Å². The molecule has 2 N–H and O–H groups in total. The molecule has 0 saturated heterocycles. The Morgan fingerprint density at radius 2 is 2.13 bits per heavy atom. The van der Waals surface area contributed by atoms with Gasteiger partial charge in [0.25, 0.3) is 5.91 Å². The van der Waals surface area contributed by atoms with Crippen molar-refractivity contribution in [2.24, 2.45) is 0 Å². The molecule has 1 fully saturated rings. The van der Waals surface area contributed by atoms with Gasteiger partial charge in [-0.1, -0.05) is 13.3 Å². The van der Waals surface area contributed by atoms with Gasteiger partial charge < -0.3 is 10.6 Å². The summed E-state index contributed by atoms with van der Waals surface area (Å²) in [6.45, 7) is 1.89. The third-order valence-electron chi connectivity index (χ3n) is 2.30. The Morgan fingerprint density at radius 1 is 1.47 bits per heavy atom. The highest BCUT2D eigenvalue weighted by molar-refractivity contribution is 6.38. The van der Waals surface area contributed by atoms with E-state index in [4.69, 9.17) is 0 Å². The van der Waals surface area contributed by atoms with Crippen LogP contribution >= 0.6 is 0 Å². The molecule has 15 heavy (non-hydrogen) atoms. The Balaban J connectivity index is 2.44. The number of Topliss-reactive ketones (excluding diaryl/α,β-unsaturated/α-hetero) is 1. The standard InChI is InChI=1S/C10H16N2O3/c1-2-3-8(11-6-13)9(14)10(15)12-7-4-5-7/h6-8H,2-5H2,1H3,(H,11,13)(H,12,15)/t8-/m0/s1. The molecule has 2 amide bonds. The van der Waals surface area contributed by atoms with Gasteiger partial charge in [0.05, 0.1) is 6.04 Å². The van der Waals surface area contributed by atoms with Crippen molar-refractivity contribution in [3.8, 4) is 0 Å². The fourth-order valence-electron chi connectivity index (χ4n) is 1.30. The van der Waals surface area contributed by atoms with Gasteiger partial charge in [0.1, 0.15) is 0 Å². The van der Waals surface area contributed by atoms with Crippen LogP contribution in [-0.4, -0.2) is 30.2 Å². The van der Waals surface area contributed by atoms with E-state index in [1.54, 1.807) is 0 Å². The van der Waals surface area contributed by atoms with Crippen LogP contribution < -0.4 is 10.6 Å². The number of carbonyl (C=O) groups is 3. The molecule has 5 nitrogen and oxygen atoms in total. The van der Waals surface area contributed by atoms with Crippen molar-refractivity contribution in [1.29, 1.82) is 0 Å². The van der Waals surface area contributed by atoms with Crippen LogP contribution in [0.2, 0.25) is 0 Å². The Labute approximate surface area is 88.6 Å². The third kappa shape index (κ3) is 3.69. The molecule has 0 radical (unpaired) electrons. The zero-order valence-electron chi connectivity index (χ0n) is 8.79. The van der Waals surface area contributed by atoms with Crippen LogP contribution in [0, 0.1) is 0 Å². The van der Waals surface area contributed by atoms with Crippen LogP contribution in [0.1, 0.15) is 32.6 Å². The van der Waals surface area contributed by atoms with Gasteiger partial charge in [-0.05, 0) is 19.3 Å². The van der Waals surface area contributed by atoms with E-state index >= 15 is 0 Å². The van der Waals surface area contributed by atoms with Gasteiger partial charge >= 0.3 is 0 Å². The summed E-state index contributed by atoms with van der Waals surface area (Å²) in [7, 11) is 0. The molecule has 1 aliphatic rings. The van der Waals surface area contributed by atoms with Crippen LogP contribution in [0.15, 0.2) is 0 Å². The maximum atomic E-state index is 11.6. The monoisotopic (exact) mass is 212 g/mol. The summed E-state index contributed by atoms with van der Waals surface area (Å²) in [6, 6.07) is -0.508. The van der Waals surface area contributed by atoms with Crippen molar-refractivity contribution in [3.63, 3.8) is 0 Å². The molecule has 0 spiro atoms. The maximum Gasteiger partial charge on any atom is 0.289 e. The predicted molar refractivity (Wildman–Crippen MR) is 54.1 cm³/mol. The molecule has 1 atom stereocenters. The third-order valence-corrected chi connectivity index (χ3v) is 2.30. The molecule has 5 heteroatoms. The zero-order valence-corrected chi connectivity index (χ0v) is 8.79. The first-order chi connectivity index (χ1) is 7.19. The Hall–Kier alpha value is -1.39. The van der Waals surface area contributed by atoms with Crippen LogP contribution in [0.5, 0.6) is 0 Å². The molecule has 0 heterocycles. The molecule has 1 rings (SSSR count). The summed E-state index contributed by atoms with van der Waals surface area (Å²) in [4.78, 5) is 33.2. The summed E-state index contributed by atoms with van der Waals surface area (Å²) >= 11 is 0. The molecule has 0 aromatic heterocycles. The second-order valence-electron chi connectivity index (χ2n) is 3.74. The molecule has 1 saturated carbocycles. The molecule has 0 bridgehead atoms. The van der Waals surface area contributed by atoms with Crippen LogP contribution in [0.3, 0.4) is 0 Å². The smallest absolute Gasteiger partial charge is 0.289 e. The Morgan fingerprint density at radius 3 is 2.60 bits per heavy atom. The fourth-order valence-corrected chi connectivity index (χ4v) is 1.30. The number of rotatable bonds is 7. The van der Waals surface area contributed by atoms with Gasteiger partial charge in [0, 0.05) is 6.04 Å². The summed E-state index contributed by atoms with van der Waals surface area (Å²) in [5.41, 5.74) is 0. The lowest BCUT2D eigenvalue weighted by atomic mass is 10.1. The Kier molecular flexibility index (Phi) is 4.27. The lowest BCUT2D eigenvalue weighted by Crippen LogP contribution is -2.45. The summed E-state index contributed by atoms with van der Waals surface area (Å²) < 4.78 is 0. The predicted octanol–water partition coefficient (Wildman–Crippen LogP) is -0.251. The van der Waals surface area contributed by atoms with Crippen LogP contribution in [-0.2, 0) is 14.4 Å². The van der Waals surface area contributed by atoms with Gasteiger partial charge in [-0.25, -0.2) is 0 Å². The van der Waals surface area contributed by atoms with Crippen molar-refractivity contribution >= 4 is 18.1 Å². The quantitative estimate of drug-likeness (QED) is 0.451. The highest BCUT2D eigenvalue weighted by Crippen LogP contribution is 2.18. The molecule has 0 aromatic carbocycles. The average Bonchev–Trinajstić information content (AvgIpc) is 3.00. The van der Waals surface area contributed by atoms with Crippen LogP contribution in [0.25, 0.3) is 0 Å². The highest BCUT2D eigenvalue weighted by atomic mass is 16.2. The van der Waals surface area contributed by atoms with Gasteiger partial charge in [-0.3, -0.25) is 14.4 Å². The molecule has 0 aliphatic heterocycles. The number of hydrogen-bond donors (Lipinski definition) is 2. The minimum absolute atomic E-state index is 0.167.